The van der Waals surface area contributed by atoms with E-state index in [1.165, 1.54) is 13.5 Å². The molecule has 0 spiro atoms. The first-order chi connectivity index (χ1) is 9.03. The Bertz CT molecular complexity index is 314. The molecular weight excluding hydrogens is 248 g/mol. The van der Waals surface area contributed by atoms with Gasteiger partial charge >= 0.3 is 11.9 Å². The van der Waals surface area contributed by atoms with E-state index in [2.05, 4.69) is 5.32 Å². The van der Waals surface area contributed by atoms with Crippen LogP contribution in [0.4, 0.5) is 0 Å². The van der Waals surface area contributed by atoms with Crippen molar-refractivity contribution in [1.29, 1.82) is 0 Å². The van der Waals surface area contributed by atoms with E-state index in [1.54, 1.807) is 0 Å². The highest BCUT2D eigenvalue weighted by Gasteiger charge is 2.33. The Morgan fingerprint density at radius 1 is 1.37 bits per heavy atom. The molecule has 19 heavy (non-hydrogen) atoms. The van der Waals surface area contributed by atoms with Gasteiger partial charge in [-0.2, -0.15) is 0 Å². The van der Waals surface area contributed by atoms with Crippen LogP contribution in [0, 0.1) is 5.41 Å². The van der Waals surface area contributed by atoms with Crippen molar-refractivity contribution in [1.82, 2.24) is 5.32 Å². The van der Waals surface area contributed by atoms with Gasteiger partial charge in [-0.1, -0.05) is 19.3 Å². The Hall–Kier alpha value is -1.14. The number of hydrogen-bond donors (Lipinski definition) is 3. The summed E-state index contributed by atoms with van der Waals surface area (Å²) >= 11 is 0. The summed E-state index contributed by atoms with van der Waals surface area (Å²) in [6, 6.07) is -0.857. The zero-order valence-corrected chi connectivity index (χ0v) is 11.5. The van der Waals surface area contributed by atoms with Crippen molar-refractivity contribution in [2.24, 2.45) is 11.1 Å². The number of carboxylic acids is 1. The third-order valence-corrected chi connectivity index (χ3v) is 3.92. The number of rotatable bonds is 7. The zero-order valence-electron chi connectivity index (χ0n) is 11.5. The molecule has 1 aliphatic carbocycles. The topological polar surface area (TPSA) is 102 Å². The second-order valence-electron chi connectivity index (χ2n) is 5.30. The first-order valence-corrected chi connectivity index (χ1v) is 6.79. The van der Waals surface area contributed by atoms with Crippen LogP contribution in [0.2, 0.25) is 0 Å². The maximum atomic E-state index is 11.8. The van der Waals surface area contributed by atoms with Gasteiger partial charge < -0.3 is 20.9 Å². The second-order valence-corrected chi connectivity index (χ2v) is 5.30. The standard InChI is InChI=1S/C13H24N2O4/c1-15-10(12(17)18)8-19-11(16)7-13(9-14)5-3-2-4-6-13/h10,15H,2-9,14H2,1H3,(H,17,18)/t10-/m0/s1. The van der Waals surface area contributed by atoms with Crippen molar-refractivity contribution in [3.8, 4) is 0 Å². The fourth-order valence-electron chi connectivity index (χ4n) is 2.57. The molecule has 0 radical (unpaired) electrons. The fraction of sp³-hybridized carbons (Fsp3) is 0.846. The van der Waals surface area contributed by atoms with E-state index in [4.69, 9.17) is 15.6 Å². The maximum absolute atomic E-state index is 11.8. The minimum absolute atomic E-state index is 0.145. The Morgan fingerprint density at radius 3 is 2.47 bits per heavy atom. The van der Waals surface area contributed by atoms with E-state index in [1.807, 2.05) is 0 Å². The predicted molar refractivity (Wildman–Crippen MR) is 70.6 cm³/mol. The summed E-state index contributed by atoms with van der Waals surface area (Å²) in [5, 5.41) is 11.4. The lowest BCUT2D eigenvalue weighted by atomic mass is 9.72. The van der Waals surface area contributed by atoms with Crippen molar-refractivity contribution in [2.45, 2.75) is 44.6 Å². The van der Waals surface area contributed by atoms with Crippen molar-refractivity contribution < 1.29 is 19.4 Å². The number of likely N-dealkylation sites (N-methyl/N-ethyl adjacent to an activating group) is 1. The highest BCUT2D eigenvalue weighted by atomic mass is 16.5. The van der Waals surface area contributed by atoms with Gasteiger partial charge in [0.25, 0.3) is 0 Å². The quantitative estimate of drug-likeness (QED) is 0.583. The number of carboxylic acid groups (broad SMARTS) is 1. The molecule has 1 atom stereocenters. The van der Waals surface area contributed by atoms with Gasteiger partial charge in [-0.15, -0.1) is 0 Å². The molecule has 1 aliphatic rings. The summed E-state index contributed by atoms with van der Waals surface area (Å²) in [4.78, 5) is 22.6. The Labute approximate surface area is 113 Å². The van der Waals surface area contributed by atoms with Crippen LogP contribution < -0.4 is 11.1 Å². The van der Waals surface area contributed by atoms with Gasteiger partial charge in [-0.05, 0) is 31.8 Å². The lowest BCUT2D eigenvalue weighted by Gasteiger charge is -2.35. The van der Waals surface area contributed by atoms with Crippen LogP contribution in [-0.2, 0) is 14.3 Å². The molecular formula is C13H24N2O4. The highest BCUT2D eigenvalue weighted by Crippen LogP contribution is 2.38. The molecule has 0 heterocycles. The molecule has 0 aliphatic heterocycles. The van der Waals surface area contributed by atoms with E-state index < -0.39 is 12.0 Å². The molecule has 0 aromatic heterocycles. The van der Waals surface area contributed by atoms with E-state index in [-0.39, 0.29) is 18.0 Å². The Balaban J connectivity index is 2.43. The number of carbonyl (C=O) groups is 2. The average molecular weight is 272 g/mol. The normalized spacial score (nSPS) is 19.7. The van der Waals surface area contributed by atoms with Crippen LogP contribution >= 0.6 is 0 Å². The van der Waals surface area contributed by atoms with Crippen LogP contribution in [0.3, 0.4) is 0 Å². The molecule has 6 nitrogen and oxygen atoms in total. The minimum Gasteiger partial charge on any atom is -0.480 e. The first-order valence-electron chi connectivity index (χ1n) is 6.79. The van der Waals surface area contributed by atoms with Gasteiger partial charge in [0.05, 0.1) is 6.42 Å². The summed E-state index contributed by atoms with van der Waals surface area (Å²) in [5.74, 6) is -1.38. The smallest absolute Gasteiger partial charge is 0.324 e. The van der Waals surface area contributed by atoms with E-state index in [0.29, 0.717) is 13.0 Å². The molecule has 1 saturated carbocycles. The lowest BCUT2D eigenvalue weighted by molar-refractivity contribution is -0.150. The van der Waals surface area contributed by atoms with Crippen molar-refractivity contribution in [2.75, 3.05) is 20.2 Å². The average Bonchev–Trinajstić information content (AvgIpc) is 2.40. The van der Waals surface area contributed by atoms with Gasteiger partial charge in [0.1, 0.15) is 12.6 Å². The third kappa shape index (κ3) is 4.80. The molecule has 0 unspecified atom stereocenters. The van der Waals surface area contributed by atoms with E-state index in [0.717, 1.165) is 25.7 Å². The van der Waals surface area contributed by atoms with Gasteiger partial charge in [-0.25, -0.2) is 0 Å². The van der Waals surface area contributed by atoms with Gasteiger partial charge in [0.15, 0.2) is 0 Å². The van der Waals surface area contributed by atoms with Crippen molar-refractivity contribution >= 4 is 11.9 Å². The number of ether oxygens (including phenoxy) is 1. The molecule has 1 fully saturated rings. The number of carbonyl (C=O) groups excluding carboxylic acids is 1. The van der Waals surface area contributed by atoms with Gasteiger partial charge in [0.2, 0.25) is 0 Å². The monoisotopic (exact) mass is 272 g/mol. The fourth-order valence-corrected chi connectivity index (χ4v) is 2.57. The van der Waals surface area contributed by atoms with Crippen LogP contribution in [-0.4, -0.2) is 43.3 Å². The molecule has 0 amide bonds. The second kappa shape index (κ2) is 7.45. The first kappa shape index (κ1) is 15.9. The number of esters is 1. The SMILES string of the molecule is CN[C@@H](COC(=O)CC1(CN)CCCCC1)C(=O)O. The molecule has 0 aromatic rings. The summed E-state index contributed by atoms with van der Waals surface area (Å²) in [6.45, 7) is 0.335. The van der Waals surface area contributed by atoms with Gasteiger partial charge in [0, 0.05) is 0 Å². The molecule has 0 bridgehead atoms. The molecule has 6 heteroatoms. The minimum atomic E-state index is -1.03. The summed E-state index contributed by atoms with van der Waals surface area (Å²) in [7, 11) is 1.52. The van der Waals surface area contributed by atoms with Crippen LogP contribution in [0.5, 0.6) is 0 Å². The van der Waals surface area contributed by atoms with E-state index in [9.17, 15) is 9.59 Å². The summed E-state index contributed by atoms with van der Waals surface area (Å²) < 4.78 is 5.05. The molecule has 110 valence electrons. The maximum Gasteiger partial charge on any atom is 0.324 e. The molecule has 1 rings (SSSR count). The zero-order chi connectivity index (χ0) is 14.3. The predicted octanol–water partition coefficient (Wildman–Crippen LogP) is 0.502. The van der Waals surface area contributed by atoms with Crippen molar-refractivity contribution in [3.05, 3.63) is 0 Å². The lowest BCUT2D eigenvalue weighted by Crippen LogP contribution is -2.40. The van der Waals surface area contributed by atoms with Crippen LogP contribution in [0.1, 0.15) is 38.5 Å². The number of nitrogens with one attached hydrogen (secondary N) is 1. The van der Waals surface area contributed by atoms with Gasteiger partial charge in [-0.3, -0.25) is 9.59 Å². The molecule has 0 aromatic carbocycles. The molecule has 4 N–H and O–H groups in total. The number of nitrogens with two attached hydrogens (primary N) is 1. The Morgan fingerprint density at radius 2 is 2.00 bits per heavy atom. The van der Waals surface area contributed by atoms with E-state index >= 15 is 0 Å². The summed E-state index contributed by atoms with van der Waals surface area (Å²) in [6.07, 6.45) is 5.58. The Kier molecular flexibility index (Phi) is 6.24. The van der Waals surface area contributed by atoms with Crippen LogP contribution in [0.15, 0.2) is 0 Å². The summed E-state index contributed by atoms with van der Waals surface area (Å²) in [5.41, 5.74) is 5.66. The number of aliphatic carboxylic acids is 1. The number of hydrogen-bond acceptors (Lipinski definition) is 5. The van der Waals surface area contributed by atoms with Crippen molar-refractivity contribution in [3.63, 3.8) is 0 Å². The highest BCUT2D eigenvalue weighted by molar-refractivity contribution is 5.75. The third-order valence-electron chi connectivity index (χ3n) is 3.92. The largest absolute Gasteiger partial charge is 0.480 e. The molecule has 0 saturated heterocycles. The van der Waals surface area contributed by atoms with Crippen LogP contribution in [0.25, 0.3) is 0 Å².